The highest BCUT2D eigenvalue weighted by molar-refractivity contribution is 6.00. The minimum Gasteiger partial charge on any atom is -0.497 e. The third-order valence-electron chi connectivity index (χ3n) is 9.39. The van der Waals surface area contributed by atoms with E-state index in [9.17, 15) is 14.4 Å². The zero-order valence-corrected chi connectivity index (χ0v) is 23.8. The van der Waals surface area contributed by atoms with Gasteiger partial charge in [0.15, 0.2) is 0 Å². The van der Waals surface area contributed by atoms with Crippen LogP contribution in [0, 0.1) is 11.8 Å². The first-order valence-corrected chi connectivity index (χ1v) is 14.8. The summed E-state index contributed by atoms with van der Waals surface area (Å²) >= 11 is 0. The molecule has 0 aromatic heterocycles. The first kappa shape index (κ1) is 27.5. The first-order valence-electron chi connectivity index (χ1n) is 14.8. The van der Waals surface area contributed by atoms with Crippen LogP contribution in [0.15, 0.2) is 66.7 Å². The number of likely N-dealkylation sites (tertiary alicyclic amines) is 1. The molecule has 41 heavy (non-hydrogen) atoms. The predicted octanol–water partition coefficient (Wildman–Crippen LogP) is 3.54. The van der Waals surface area contributed by atoms with Gasteiger partial charge in [0.1, 0.15) is 17.4 Å². The van der Waals surface area contributed by atoms with Crippen LogP contribution in [0.25, 0.3) is 0 Å². The smallest absolute Gasteiger partial charge is 0.246 e. The summed E-state index contributed by atoms with van der Waals surface area (Å²) in [6.07, 6.45) is 9.61. The molecule has 0 unspecified atom stereocenters. The molecule has 1 saturated carbocycles. The molecule has 1 spiro atoms. The molecule has 3 amide bonds. The fourth-order valence-corrected chi connectivity index (χ4v) is 7.33. The van der Waals surface area contributed by atoms with E-state index in [-0.39, 0.29) is 23.8 Å². The summed E-state index contributed by atoms with van der Waals surface area (Å²) < 4.78 is 11.9. The minimum atomic E-state index is -1.19. The molecule has 0 radical (unpaired) electrons. The Kier molecular flexibility index (Phi) is 7.36. The Morgan fingerprint density at radius 2 is 1.71 bits per heavy atom. The van der Waals surface area contributed by atoms with Crippen molar-refractivity contribution in [3.05, 3.63) is 77.9 Å². The highest BCUT2D eigenvalue weighted by atomic mass is 16.5. The summed E-state index contributed by atoms with van der Waals surface area (Å²) in [7, 11) is 1.62. The van der Waals surface area contributed by atoms with E-state index in [1.165, 1.54) is 6.42 Å². The molecule has 2 aromatic carbocycles. The van der Waals surface area contributed by atoms with Gasteiger partial charge >= 0.3 is 0 Å². The summed E-state index contributed by atoms with van der Waals surface area (Å²) in [5, 5.41) is 6.29. The van der Waals surface area contributed by atoms with Gasteiger partial charge in [-0.3, -0.25) is 14.4 Å². The number of carbonyl (C=O) groups excluding carboxylic acids is 3. The number of rotatable bonds is 9. The Hall–Kier alpha value is -3.65. The van der Waals surface area contributed by atoms with Crippen molar-refractivity contribution in [2.24, 2.45) is 11.8 Å². The molecule has 2 bridgehead atoms. The van der Waals surface area contributed by atoms with E-state index < -0.39 is 29.1 Å². The van der Waals surface area contributed by atoms with Gasteiger partial charge < -0.3 is 25.0 Å². The Bertz CT molecular complexity index is 1320. The molecule has 2 N–H and O–H groups in total. The Labute approximate surface area is 241 Å². The summed E-state index contributed by atoms with van der Waals surface area (Å²) in [6.45, 7) is 2.54. The number of nitrogens with one attached hydrogen (secondary N) is 2. The number of amides is 3. The van der Waals surface area contributed by atoms with Crippen LogP contribution >= 0.6 is 0 Å². The lowest BCUT2D eigenvalue weighted by molar-refractivity contribution is -0.145. The van der Waals surface area contributed by atoms with Gasteiger partial charge in [-0.25, -0.2) is 0 Å². The van der Waals surface area contributed by atoms with Crippen LogP contribution in [-0.4, -0.2) is 59.6 Å². The lowest BCUT2D eigenvalue weighted by atomic mass is 9.70. The van der Waals surface area contributed by atoms with E-state index in [0.29, 0.717) is 19.5 Å². The molecule has 5 atom stereocenters. The van der Waals surface area contributed by atoms with E-state index in [1.54, 1.807) is 12.0 Å². The largest absolute Gasteiger partial charge is 0.497 e. The third kappa shape index (κ3) is 4.92. The Morgan fingerprint density at radius 3 is 2.41 bits per heavy atom. The number of nitrogens with zero attached hydrogens (tertiary/aromatic N) is 1. The van der Waals surface area contributed by atoms with Crippen LogP contribution < -0.4 is 15.4 Å². The molecule has 3 heterocycles. The number of carbonyl (C=O) groups is 3. The SMILES string of the molecule is COc1ccc(CCN2C(=O)[C@@H]3[C@@H](C(=O)NC4CCCCC4)[C@@]4(C)C=C[C@@]3(O4)[C@H]2C(=O)NCc2ccccc2)cc1. The second kappa shape index (κ2) is 11.0. The van der Waals surface area contributed by atoms with Gasteiger partial charge in [-0.1, -0.05) is 73.9 Å². The number of ether oxygens (including phenoxy) is 2. The van der Waals surface area contributed by atoms with Gasteiger partial charge in [-0.05, 0) is 49.4 Å². The quantitative estimate of drug-likeness (QED) is 0.460. The number of hydrogen-bond donors (Lipinski definition) is 2. The van der Waals surface area contributed by atoms with Crippen molar-refractivity contribution >= 4 is 17.7 Å². The lowest BCUT2D eigenvalue weighted by Crippen LogP contribution is -2.55. The van der Waals surface area contributed by atoms with E-state index in [0.717, 1.165) is 42.6 Å². The number of methoxy groups -OCH3 is 1. The van der Waals surface area contributed by atoms with Crippen molar-refractivity contribution in [1.82, 2.24) is 15.5 Å². The third-order valence-corrected chi connectivity index (χ3v) is 9.39. The van der Waals surface area contributed by atoms with Crippen LogP contribution in [0.5, 0.6) is 5.75 Å². The van der Waals surface area contributed by atoms with Crippen molar-refractivity contribution in [2.75, 3.05) is 13.7 Å². The molecule has 2 aromatic rings. The number of hydrogen-bond acceptors (Lipinski definition) is 5. The summed E-state index contributed by atoms with van der Waals surface area (Å²) in [5.41, 5.74) is -0.149. The van der Waals surface area contributed by atoms with Crippen LogP contribution in [0.4, 0.5) is 0 Å². The average molecular weight is 558 g/mol. The maximum atomic E-state index is 14.3. The van der Waals surface area contributed by atoms with E-state index in [1.807, 2.05) is 73.7 Å². The second-order valence-corrected chi connectivity index (χ2v) is 12.0. The van der Waals surface area contributed by atoms with Crippen LogP contribution in [0.1, 0.15) is 50.2 Å². The molecule has 6 rings (SSSR count). The van der Waals surface area contributed by atoms with Gasteiger partial charge in [0.05, 0.1) is 24.5 Å². The molecule has 1 aliphatic carbocycles. The summed E-state index contributed by atoms with van der Waals surface area (Å²) in [6, 6.07) is 16.6. The molecule has 3 aliphatic heterocycles. The molecule has 4 aliphatic rings. The summed E-state index contributed by atoms with van der Waals surface area (Å²) in [5.74, 6) is -1.32. The monoisotopic (exact) mass is 557 g/mol. The average Bonchev–Trinajstić information content (AvgIpc) is 3.56. The van der Waals surface area contributed by atoms with Crippen molar-refractivity contribution < 1.29 is 23.9 Å². The highest BCUT2D eigenvalue weighted by Gasteiger charge is 2.76. The lowest BCUT2D eigenvalue weighted by Gasteiger charge is -2.33. The van der Waals surface area contributed by atoms with Gasteiger partial charge in [0.2, 0.25) is 17.7 Å². The van der Waals surface area contributed by atoms with Crippen molar-refractivity contribution in [3.8, 4) is 5.75 Å². The van der Waals surface area contributed by atoms with Crippen LogP contribution in [0.3, 0.4) is 0 Å². The zero-order valence-electron chi connectivity index (χ0n) is 23.8. The molecule has 8 heteroatoms. The maximum Gasteiger partial charge on any atom is 0.246 e. The predicted molar refractivity (Wildman–Crippen MR) is 154 cm³/mol. The molecule has 8 nitrogen and oxygen atoms in total. The van der Waals surface area contributed by atoms with E-state index >= 15 is 0 Å². The molecular weight excluding hydrogens is 518 g/mol. The number of benzene rings is 2. The molecule has 3 fully saturated rings. The fourth-order valence-electron chi connectivity index (χ4n) is 7.33. The van der Waals surface area contributed by atoms with E-state index in [4.69, 9.17) is 9.47 Å². The fraction of sp³-hybridized carbons (Fsp3) is 0.485. The van der Waals surface area contributed by atoms with Crippen LogP contribution in [0.2, 0.25) is 0 Å². The Balaban J connectivity index is 1.28. The second-order valence-electron chi connectivity index (χ2n) is 12.0. The molecular formula is C33H39N3O5. The van der Waals surface area contributed by atoms with Crippen LogP contribution in [-0.2, 0) is 32.1 Å². The van der Waals surface area contributed by atoms with Gasteiger partial charge in [0.25, 0.3) is 0 Å². The topological polar surface area (TPSA) is 97.0 Å². The zero-order chi connectivity index (χ0) is 28.6. The minimum absolute atomic E-state index is 0.117. The standard InChI is InChI=1S/C33H39N3O5/c1-32-18-19-33(41-32)27(26(32)29(37)35-24-11-7-4-8-12-24)31(39)36(20-17-22-13-15-25(40-2)16-14-22)28(33)30(38)34-21-23-9-5-3-6-10-23/h3,5-6,9-10,13-16,18-19,24,26-28H,4,7-8,11-12,17,20-21H2,1-2H3,(H,34,38)(H,35,37)/t26-,27-,28+,32+,33-/m0/s1. The summed E-state index contributed by atoms with van der Waals surface area (Å²) in [4.78, 5) is 43.7. The van der Waals surface area contributed by atoms with Crippen molar-refractivity contribution in [1.29, 1.82) is 0 Å². The van der Waals surface area contributed by atoms with Gasteiger partial charge in [0, 0.05) is 19.1 Å². The normalized spacial score (nSPS) is 30.3. The number of fused-ring (bicyclic) bond motifs is 1. The highest BCUT2D eigenvalue weighted by Crippen LogP contribution is 2.59. The maximum absolute atomic E-state index is 14.3. The van der Waals surface area contributed by atoms with E-state index in [2.05, 4.69) is 10.6 Å². The van der Waals surface area contributed by atoms with Gasteiger partial charge in [-0.15, -0.1) is 0 Å². The van der Waals surface area contributed by atoms with Crippen molar-refractivity contribution in [2.45, 2.75) is 75.3 Å². The van der Waals surface area contributed by atoms with Crippen molar-refractivity contribution in [3.63, 3.8) is 0 Å². The Morgan fingerprint density at radius 1 is 0.976 bits per heavy atom. The van der Waals surface area contributed by atoms with Gasteiger partial charge in [-0.2, -0.15) is 0 Å². The molecule has 2 saturated heterocycles. The first-order chi connectivity index (χ1) is 19.8. The molecule has 216 valence electrons.